The van der Waals surface area contributed by atoms with Crippen LogP contribution in [-0.4, -0.2) is 53.1 Å². The van der Waals surface area contributed by atoms with E-state index >= 15 is 0 Å². The molecule has 2 heterocycles. The summed E-state index contributed by atoms with van der Waals surface area (Å²) < 4.78 is 5.20. The van der Waals surface area contributed by atoms with Crippen molar-refractivity contribution in [2.24, 2.45) is 0 Å². The Morgan fingerprint density at radius 3 is 2.76 bits per heavy atom. The molecule has 8 heteroatoms. The first kappa shape index (κ1) is 15.2. The van der Waals surface area contributed by atoms with Crippen molar-refractivity contribution < 1.29 is 14.5 Å². The van der Waals surface area contributed by atoms with Gasteiger partial charge in [0, 0.05) is 24.8 Å². The first-order valence-electron chi connectivity index (χ1n) is 6.74. The number of nitrogens with one attached hydrogen (secondary N) is 1. The van der Waals surface area contributed by atoms with Gasteiger partial charge in [-0.15, -0.1) is 0 Å². The second kappa shape index (κ2) is 6.49. The van der Waals surface area contributed by atoms with Crippen LogP contribution in [0, 0.1) is 17.0 Å². The van der Waals surface area contributed by atoms with Crippen molar-refractivity contribution in [2.75, 3.05) is 31.6 Å². The zero-order valence-electron chi connectivity index (χ0n) is 12.0. The van der Waals surface area contributed by atoms with Gasteiger partial charge in [-0.3, -0.25) is 14.9 Å². The molecule has 0 spiro atoms. The Labute approximate surface area is 122 Å². The highest BCUT2D eigenvalue weighted by molar-refractivity contribution is 5.84. The first-order chi connectivity index (χ1) is 9.99. The third kappa shape index (κ3) is 3.66. The Kier molecular flexibility index (Phi) is 4.69. The van der Waals surface area contributed by atoms with Crippen LogP contribution in [0.3, 0.4) is 0 Å². The van der Waals surface area contributed by atoms with Gasteiger partial charge < -0.3 is 15.0 Å². The van der Waals surface area contributed by atoms with Crippen molar-refractivity contribution >= 4 is 17.4 Å². The number of nitrogens with zero attached hydrogens (tertiary/aromatic N) is 3. The fourth-order valence-corrected chi connectivity index (χ4v) is 2.13. The minimum absolute atomic E-state index is 0.115. The monoisotopic (exact) mass is 294 g/mol. The molecule has 0 bridgehead atoms. The van der Waals surface area contributed by atoms with Crippen LogP contribution < -0.4 is 5.32 Å². The molecule has 0 saturated carbocycles. The molecule has 1 unspecified atom stereocenters. The van der Waals surface area contributed by atoms with E-state index < -0.39 is 11.0 Å². The maximum Gasteiger partial charge on any atom is 0.311 e. The van der Waals surface area contributed by atoms with E-state index in [1.807, 2.05) is 0 Å². The predicted molar refractivity (Wildman–Crippen MR) is 76.1 cm³/mol. The lowest BCUT2D eigenvalue weighted by Gasteiger charge is -2.29. The van der Waals surface area contributed by atoms with Crippen LogP contribution in [0.4, 0.5) is 11.5 Å². The number of ether oxygens (including phenoxy) is 1. The molecule has 114 valence electrons. The van der Waals surface area contributed by atoms with Crippen LogP contribution in [0.1, 0.15) is 12.6 Å². The summed E-state index contributed by atoms with van der Waals surface area (Å²) in [5.74, 6) is 0.00464. The van der Waals surface area contributed by atoms with Crippen LogP contribution in [0.25, 0.3) is 0 Å². The Morgan fingerprint density at radius 1 is 1.48 bits per heavy atom. The van der Waals surface area contributed by atoms with E-state index in [2.05, 4.69) is 10.3 Å². The summed E-state index contributed by atoms with van der Waals surface area (Å²) >= 11 is 0. The maximum absolute atomic E-state index is 12.3. The van der Waals surface area contributed by atoms with E-state index in [0.717, 1.165) is 0 Å². The lowest BCUT2D eigenvalue weighted by Crippen LogP contribution is -2.47. The van der Waals surface area contributed by atoms with Gasteiger partial charge >= 0.3 is 5.69 Å². The van der Waals surface area contributed by atoms with Gasteiger partial charge in [0.15, 0.2) is 0 Å². The molecule has 1 aliphatic rings. The van der Waals surface area contributed by atoms with E-state index in [4.69, 9.17) is 4.74 Å². The highest BCUT2D eigenvalue weighted by Crippen LogP contribution is 2.22. The molecule has 8 nitrogen and oxygen atoms in total. The van der Waals surface area contributed by atoms with Crippen molar-refractivity contribution in [3.63, 3.8) is 0 Å². The summed E-state index contributed by atoms with van der Waals surface area (Å²) in [5.41, 5.74) is 0.511. The minimum Gasteiger partial charge on any atom is -0.378 e. The average Bonchev–Trinajstić information content (AvgIpc) is 2.47. The molecule has 0 radical (unpaired) electrons. The van der Waals surface area contributed by atoms with Gasteiger partial charge in [0.2, 0.25) is 11.7 Å². The third-order valence-electron chi connectivity index (χ3n) is 3.26. The highest BCUT2D eigenvalue weighted by Gasteiger charge is 2.25. The summed E-state index contributed by atoms with van der Waals surface area (Å²) in [7, 11) is 0. The Bertz CT molecular complexity index is 543. The fourth-order valence-electron chi connectivity index (χ4n) is 2.13. The number of carbonyl (C=O) groups is 1. The molecule has 0 aromatic carbocycles. The molecule has 1 saturated heterocycles. The number of carbonyl (C=O) groups excluding carboxylic acids is 1. The predicted octanol–water partition coefficient (Wildman–Crippen LogP) is 0.957. The standard InChI is InChI=1S/C13H18N4O4/c1-9-3-4-11(17(19)20)12(14-9)15-10(2)13(18)16-5-7-21-8-6-16/h3-4,10H,5-8H2,1-2H3,(H,14,15). The number of aromatic nitrogens is 1. The van der Waals surface area contributed by atoms with Crippen molar-refractivity contribution in [3.8, 4) is 0 Å². The molecular weight excluding hydrogens is 276 g/mol. The van der Waals surface area contributed by atoms with Gasteiger partial charge in [0.25, 0.3) is 0 Å². The maximum atomic E-state index is 12.3. The van der Waals surface area contributed by atoms with Crippen molar-refractivity contribution in [3.05, 3.63) is 27.9 Å². The van der Waals surface area contributed by atoms with Crippen molar-refractivity contribution in [1.29, 1.82) is 0 Å². The number of morpholine rings is 1. The number of hydrogen-bond donors (Lipinski definition) is 1. The lowest BCUT2D eigenvalue weighted by atomic mass is 10.2. The van der Waals surface area contributed by atoms with Gasteiger partial charge in [-0.05, 0) is 19.9 Å². The molecule has 1 amide bonds. The summed E-state index contributed by atoms with van der Waals surface area (Å²) in [4.78, 5) is 28.6. The number of rotatable bonds is 4. The number of anilines is 1. The van der Waals surface area contributed by atoms with Crippen molar-refractivity contribution in [1.82, 2.24) is 9.88 Å². The van der Waals surface area contributed by atoms with Gasteiger partial charge in [-0.2, -0.15) is 0 Å². The molecule has 1 N–H and O–H groups in total. The van der Waals surface area contributed by atoms with Gasteiger partial charge in [0.05, 0.1) is 18.1 Å². The van der Waals surface area contributed by atoms with E-state index in [9.17, 15) is 14.9 Å². The average molecular weight is 294 g/mol. The number of hydrogen-bond acceptors (Lipinski definition) is 6. The smallest absolute Gasteiger partial charge is 0.311 e. The normalized spacial score (nSPS) is 16.4. The van der Waals surface area contributed by atoms with Crippen LogP contribution >= 0.6 is 0 Å². The largest absolute Gasteiger partial charge is 0.378 e. The van der Waals surface area contributed by atoms with Crippen LogP contribution in [0.15, 0.2) is 12.1 Å². The van der Waals surface area contributed by atoms with E-state index in [0.29, 0.717) is 32.0 Å². The van der Waals surface area contributed by atoms with Gasteiger partial charge in [0.1, 0.15) is 6.04 Å². The summed E-state index contributed by atoms with van der Waals surface area (Å²) in [5, 5.41) is 13.8. The SMILES string of the molecule is Cc1ccc([N+](=O)[O-])c(NC(C)C(=O)N2CCOCC2)n1. The van der Waals surface area contributed by atoms with E-state index in [1.54, 1.807) is 24.8 Å². The number of amides is 1. The first-order valence-corrected chi connectivity index (χ1v) is 6.74. The lowest BCUT2D eigenvalue weighted by molar-refractivity contribution is -0.384. The van der Waals surface area contributed by atoms with Crippen LogP contribution in [0.5, 0.6) is 0 Å². The highest BCUT2D eigenvalue weighted by atomic mass is 16.6. The second-order valence-corrected chi connectivity index (χ2v) is 4.88. The fraction of sp³-hybridized carbons (Fsp3) is 0.538. The summed E-state index contributed by atoms with van der Waals surface area (Å²) in [6.45, 7) is 5.51. The summed E-state index contributed by atoms with van der Waals surface area (Å²) in [6, 6.07) is 2.37. The number of aryl methyl sites for hydroxylation is 1. The van der Waals surface area contributed by atoms with Crippen molar-refractivity contribution in [2.45, 2.75) is 19.9 Å². The summed E-state index contributed by atoms with van der Waals surface area (Å²) in [6.07, 6.45) is 0. The van der Waals surface area contributed by atoms with Gasteiger partial charge in [-0.25, -0.2) is 4.98 Å². The van der Waals surface area contributed by atoms with Crippen LogP contribution in [0.2, 0.25) is 0 Å². The van der Waals surface area contributed by atoms with E-state index in [-0.39, 0.29) is 17.4 Å². The third-order valence-corrected chi connectivity index (χ3v) is 3.26. The molecule has 2 rings (SSSR count). The Hall–Kier alpha value is -2.22. The van der Waals surface area contributed by atoms with E-state index in [1.165, 1.54) is 6.07 Å². The zero-order valence-corrected chi connectivity index (χ0v) is 12.0. The Morgan fingerprint density at radius 2 is 2.14 bits per heavy atom. The molecule has 1 aliphatic heterocycles. The molecule has 1 fully saturated rings. The number of nitro groups is 1. The zero-order chi connectivity index (χ0) is 15.4. The molecule has 1 aromatic heterocycles. The quantitative estimate of drug-likeness (QED) is 0.656. The second-order valence-electron chi connectivity index (χ2n) is 4.88. The molecule has 1 aromatic rings. The van der Waals surface area contributed by atoms with Gasteiger partial charge in [-0.1, -0.05) is 0 Å². The molecule has 1 atom stereocenters. The molecular formula is C13H18N4O4. The van der Waals surface area contributed by atoms with Crippen LogP contribution in [-0.2, 0) is 9.53 Å². The molecule has 21 heavy (non-hydrogen) atoms. The molecule has 0 aliphatic carbocycles. The Balaban J connectivity index is 2.11. The topological polar surface area (TPSA) is 97.6 Å². The number of pyridine rings is 1. The minimum atomic E-state index is -0.587.